The van der Waals surface area contributed by atoms with Crippen molar-refractivity contribution in [3.8, 4) is 11.3 Å². The Morgan fingerprint density at radius 1 is 1.04 bits per heavy atom. The van der Waals surface area contributed by atoms with Crippen molar-refractivity contribution < 1.29 is 0 Å². The van der Waals surface area contributed by atoms with Crippen molar-refractivity contribution in [2.24, 2.45) is 4.99 Å². The van der Waals surface area contributed by atoms with Gasteiger partial charge in [0.2, 0.25) is 0 Å². The lowest BCUT2D eigenvalue weighted by Crippen LogP contribution is -2.31. The first kappa shape index (κ1) is 18.3. The van der Waals surface area contributed by atoms with E-state index >= 15 is 0 Å². The number of amidine groups is 1. The largest absolute Gasteiger partial charge is 0.357 e. The summed E-state index contributed by atoms with van der Waals surface area (Å²) < 4.78 is 0. The van der Waals surface area contributed by atoms with Crippen LogP contribution in [0.1, 0.15) is 37.0 Å². The SMILES string of the molecule is CCN(CC)C(=Nc1ncnc2c1CCCc1ccccc1-2)c1cccnc1. The van der Waals surface area contributed by atoms with Crippen LogP contribution in [-0.2, 0) is 12.8 Å². The number of hydrogen-bond donors (Lipinski definition) is 0. The number of rotatable bonds is 4. The first-order valence-electron chi connectivity index (χ1n) is 9.98. The molecule has 5 heteroatoms. The molecule has 4 rings (SSSR count). The highest BCUT2D eigenvalue weighted by Crippen LogP contribution is 2.34. The quantitative estimate of drug-likeness (QED) is 0.502. The van der Waals surface area contributed by atoms with E-state index in [0.29, 0.717) is 0 Å². The first-order chi connectivity index (χ1) is 13.8. The molecule has 3 aromatic rings. The van der Waals surface area contributed by atoms with Gasteiger partial charge in [-0.3, -0.25) is 4.98 Å². The fourth-order valence-corrected chi connectivity index (χ4v) is 3.82. The lowest BCUT2D eigenvalue weighted by atomic mass is 10.0. The number of pyridine rings is 1. The summed E-state index contributed by atoms with van der Waals surface area (Å²) in [5, 5.41) is 0. The lowest BCUT2D eigenvalue weighted by molar-refractivity contribution is 0.466. The molecule has 0 saturated heterocycles. The summed E-state index contributed by atoms with van der Waals surface area (Å²) in [6, 6.07) is 12.5. The Labute approximate surface area is 166 Å². The van der Waals surface area contributed by atoms with Crippen LogP contribution in [0.15, 0.2) is 60.1 Å². The smallest absolute Gasteiger partial charge is 0.161 e. The van der Waals surface area contributed by atoms with E-state index < -0.39 is 0 Å². The Morgan fingerprint density at radius 2 is 1.89 bits per heavy atom. The second-order valence-electron chi connectivity index (χ2n) is 6.88. The zero-order valence-corrected chi connectivity index (χ0v) is 16.5. The van der Waals surface area contributed by atoms with Crippen LogP contribution in [0.5, 0.6) is 0 Å². The van der Waals surface area contributed by atoms with E-state index in [-0.39, 0.29) is 0 Å². The molecule has 1 aliphatic carbocycles. The van der Waals surface area contributed by atoms with Gasteiger partial charge in [0.05, 0.1) is 5.69 Å². The van der Waals surface area contributed by atoms with Gasteiger partial charge in [-0.1, -0.05) is 24.3 Å². The average molecular weight is 371 g/mol. The number of fused-ring (bicyclic) bond motifs is 3. The van der Waals surface area contributed by atoms with E-state index in [9.17, 15) is 0 Å². The molecule has 2 aromatic heterocycles. The van der Waals surface area contributed by atoms with Gasteiger partial charge in [0.25, 0.3) is 0 Å². The molecule has 0 bridgehead atoms. The third kappa shape index (κ3) is 3.52. The van der Waals surface area contributed by atoms with Crippen molar-refractivity contribution >= 4 is 11.7 Å². The van der Waals surface area contributed by atoms with Gasteiger partial charge < -0.3 is 4.90 Å². The van der Waals surface area contributed by atoms with E-state index in [1.54, 1.807) is 12.5 Å². The van der Waals surface area contributed by atoms with Crippen LogP contribution in [0.4, 0.5) is 5.82 Å². The molecule has 0 spiro atoms. The van der Waals surface area contributed by atoms with Gasteiger partial charge in [-0.15, -0.1) is 0 Å². The molecule has 0 aliphatic heterocycles. The average Bonchev–Trinajstić information content (AvgIpc) is 2.94. The molecule has 0 N–H and O–H groups in total. The third-order valence-electron chi connectivity index (χ3n) is 5.26. The minimum absolute atomic E-state index is 0.771. The highest BCUT2D eigenvalue weighted by Gasteiger charge is 2.20. The summed E-state index contributed by atoms with van der Waals surface area (Å²) in [6.07, 6.45) is 8.36. The Bertz CT molecular complexity index is 977. The minimum Gasteiger partial charge on any atom is -0.357 e. The monoisotopic (exact) mass is 371 g/mol. The van der Waals surface area contributed by atoms with Crippen LogP contribution in [0, 0.1) is 0 Å². The van der Waals surface area contributed by atoms with E-state index in [0.717, 1.165) is 60.8 Å². The molecule has 0 radical (unpaired) electrons. The predicted octanol–water partition coefficient (Wildman–Crippen LogP) is 4.45. The standard InChI is InChI=1S/C23H25N5/c1-3-28(4-2)23(18-11-8-14-24-15-18)27-22-20-13-7-10-17-9-5-6-12-19(17)21(20)25-16-26-22/h5-6,8-9,11-12,14-16H,3-4,7,10,13H2,1-2H3. The first-order valence-corrected chi connectivity index (χ1v) is 9.98. The maximum absolute atomic E-state index is 5.05. The minimum atomic E-state index is 0.771. The van der Waals surface area contributed by atoms with Gasteiger partial charge in [0.15, 0.2) is 5.82 Å². The number of aliphatic imine (C=N–C) groups is 1. The Balaban J connectivity index is 1.87. The number of hydrogen-bond acceptors (Lipinski definition) is 4. The number of nitrogens with zero attached hydrogens (tertiary/aromatic N) is 5. The molecule has 0 unspecified atom stereocenters. The lowest BCUT2D eigenvalue weighted by Gasteiger charge is -2.23. The summed E-state index contributed by atoms with van der Waals surface area (Å²) >= 11 is 0. The Hall–Kier alpha value is -3.08. The van der Waals surface area contributed by atoms with Gasteiger partial charge in [0, 0.05) is 42.2 Å². The van der Waals surface area contributed by atoms with E-state index in [1.165, 1.54) is 11.1 Å². The summed E-state index contributed by atoms with van der Waals surface area (Å²) in [7, 11) is 0. The molecule has 1 aliphatic rings. The van der Waals surface area contributed by atoms with Gasteiger partial charge in [-0.25, -0.2) is 15.0 Å². The molecule has 0 amide bonds. The molecule has 5 nitrogen and oxygen atoms in total. The van der Waals surface area contributed by atoms with Crippen molar-refractivity contribution in [1.82, 2.24) is 19.9 Å². The van der Waals surface area contributed by atoms with Crippen LogP contribution in [-0.4, -0.2) is 38.8 Å². The summed E-state index contributed by atoms with van der Waals surface area (Å²) in [5.74, 6) is 1.68. The topological polar surface area (TPSA) is 54.3 Å². The Morgan fingerprint density at radius 3 is 2.68 bits per heavy atom. The van der Waals surface area contributed by atoms with Crippen LogP contribution in [0.2, 0.25) is 0 Å². The maximum atomic E-state index is 5.05. The van der Waals surface area contributed by atoms with Crippen LogP contribution >= 0.6 is 0 Å². The third-order valence-corrected chi connectivity index (χ3v) is 5.26. The molecule has 0 atom stereocenters. The molecule has 2 heterocycles. The van der Waals surface area contributed by atoms with Crippen molar-refractivity contribution in [3.63, 3.8) is 0 Å². The van der Waals surface area contributed by atoms with Crippen molar-refractivity contribution in [3.05, 3.63) is 71.8 Å². The van der Waals surface area contributed by atoms with E-state index in [2.05, 4.69) is 64.0 Å². The number of benzene rings is 1. The Kier molecular flexibility index (Phi) is 5.42. The fourth-order valence-electron chi connectivity index (χ4n) is 3.82. The fraction of sp³-hybridized carbons (Fsp3) is 0.304. The second-order valence-corrected chi connectivity index (χ2v) is 6.88. The molecule has 0 saturated carbocycles. The zero-order chi connectivity index (χ0) is 19.3. The summed E-state index contributed by atoms with van der Waals surface area (Å²) in [6.45, 7) is 6.04. The van der Waals surface area contributed by atoms with E-state index in [4.69, 9.17) is 4.99 Å². The summed E-state index contributed by atoms with van der Waals surface area (Å²) in [4.78, 5) is 20.8. The van der Waals surface area contributed by atoms with Crippen molar-refractivity contribution in [1.29, 1.82) is 0 Å². The van der Waals surface area contributed by atoms with Crippen LogP contribution < -0.4 is 0 Å². The van der Waals surface area contributed by atoms with Crippen molar-refractivity contribution in [2.75, 3.05) is 13.1 Å². The van der Waals surface area contributed by atoms with Crippen LogP contribution in [0.25, 0.3) is 11.3 Å². The van der Waals surface area contributed by atoms with Gasteiger partial charge in [-0.2, -0.15) is 0 Å². The maximum Gasteiger partial charge on any atom is 0.161 e. The normalized spacial score (nSPS) is 13.4. The molecule has 142 valence electrons. The van der Waals surface area contributed by atoms with Gasteiger partial charge >= 0.3 is 0 Å². The zero-order valence-electron chi connectivity index (χ0n) is 16.5. The number of aryl methyl sites for hydroxylation is 1. The highest BCUT2D eigenvalue weighted by molar-refractivity contribution is 6.00. The van der Waals surface area contributed by atoms with Crippen molar-refractivity contribution in [2.45, 2.75) is 33.1 Å². The molecule has 28 heavy (non-hydrogen) atoms. The van der Waals surface area contributed by atoms with Gasteiger partial charge in [0.1, 0.15) is 12.2 Å². The molecule has 0 fully saturated rings. The molecule has 1 aromatic carbocycles. The summed E-state index contributed by atoms with van der Waals surface area (Å²) in [5.41, 5.74) is 5.73. The molecular formula is C23H25N5. The van der Waals surface area contributed by atoms with E-state index in [1.807, 2.05) is 12.3 Å². The highest BCUT2D eigenvalue weighted by atomic mass is 15.2. The second kappa shape index (κ2) is 8.30. The van der Waals surface area contributed by atoms with Crippen LogP contribution in [0.3, 0.4) is 0 Å². The number of aromatic nitrogens is 3. The van der Waals surface area contributed by atoms with Gasteiger partial charge in [-0.05, 0) is 50.8 Å². The molecular weight excluding hydrogens is 346 g/mol. The predicted molar refractivity (Wildman–Crippen MR) is 113 cm³/mol.